The Morgan fingerprint density at radius 1 is 1.20 bits per heavy atom. The minimum absolute atomic E-state index is 0.583. The predicted octanol–water partition coefficient (Wildman–Crippen LogP) is 3.42. The first-order chi connectivity index (χ1) is 7.33. The summed E-state index contributed by atoms with van der Waals surface area (Å²) < 4.78 is 11.8. The lowest BCUT2D eigenvalue weighted by atomic mass is 10.3. The molecule has 0 saturated carbocycles. The first kappa shape index (κ1) is 12.3. The summed E-state index contributed by atoms with van der Waals surface area (Å²) in [6.07, 6.45) is 3.94. The second kappa shape index (κ2) is 7.49. The zero-order valence-electron chi connectivity index (χ0n) is 8.78. The van der Waals surface area contributed by atoms with E-state index in [1.165, 1.54) is 0 Å². The number of rotatable bonds is 6. The number of ether oxygens (including phenoxy) is 2. The Morgan fingerprint density at radius 2 is 1.93 bits per heavy atom. The summed E-state index contributed by atoms with van der Waals surface area (Å²) >= 11 is 3.37. The zero-order valence-corrected chi connectivity index (χ0v) is 10.4. The van der Waals surface area contributed by atoms with Crippen molar-refractivity contribution in [2.45, 2.75) is 6.92 Å². The topological polar surface area (TPSA) is 18.5 Å². The molecule has 15 heavy (non-hydrogen) atoms. The Morgan fingerprint density at radius 3 is 2.60 bits per heavy atom. The van der Waals surface area contributed by atoms with Crippen molar-refractivity contribution >= 4 is 15.9 Å². The minimum Gasteiger partial charge on any atom is -0.491 e. The number of allylic oxidation sites excluding steroid dienone is 1. The molecule has 3 heteroatoms. The van der Waals surface area contributed by atoms with Crippen LogP contribution in [0.25, 0.3) is 0 Å². The van der Waals surface area contributed by atoms with Gasteiger partial charge in [0.1, 0.15) is 12.4 Å². The molecule has 2 nitrogen and oxygen atoms in total. The molecule has 0 atom stereocenters. The van der Waals surface area contributed by atoms with Crippen molar-refractivity contribution in [1.82, 2.24) is 0 Å². The molecule has 0 aliphatic carbocycles. The van der Waals surface area contributed by atoms with Gasteiger partial charge in [0.2, 0.25) is 0 Å². The molecular formula is C12H15BrO2. The molecular weight excluding hydrogens is 256 g/mol. The molecule has 0 N–H and O–H groups in total. The summed E-state index contributed by atoms with van der Waals surface area (Å²) in [6.45, 7) is 3.82. The van der Waals surface area contributed by atoms with Crippen LogP contribution in [0.2, 0.25) is 0 Å². The van der Waals surface area contributed by atoms with E-state index in [9.17, 15) is 0 Å². The van der Waals surface area contributed by atoms with Crippen molar-refractivity contribution in [2.24, 2.45) is 0 Å². The third-order valence-electron chi connectivity index (χ3n) is 1.76. The van der Waals surface area contributed by atoms with E-state index in [-0.39, 0.29) is 0 Å². The molecule has 0 unspecified atom stereocenters. The summed E-state index contributed by atoms with van der Waals surface area (Å²) in [5.74, 6) is 0.868. The van der Waals surface area contributed by atoms with E-state index < -0.39 is 0 Å². The van der Waals surface area contributed by atoms with E-state index in [0.717, 1.165) is 10.2 Å². The van der Waals surface area contributed by atoms with Crippen molar-refractivity contribution < 1.29 is 9.47 Å². The van der Waals surface area contributed by atoms with Gasteiger partial charge >= 0.3 is 0 Å². The van der Waals surface area contributed by atoms with E-state index in [0.29, 0.717) is 19.8 Å². The summed E-state index contributed by atoms with van der Waals surface area (Å²) in [7, 11) is 0. The Kier molecular flexibility index (Phi) is 6.12. The summed E-state index contributed by atoms with van der Waals surface area (Å²) in [4.78, 5) is 0. The highest BCUT2D eigenvalue weighted by Gasteiger charge is 1.92. The van der Waals surface area contributed by atoms with Gasteiger partial charge in [0.05, 0.1) is 13.2 Å². The molecule has 1 aromatic carbocycles. The molecule has 0 aliphatic rings. The van der Waals surface area contributed by atoms with Crippen LogP contribution in [-0.4, -0.2) is 19.8 Å². The molecule has 82 valence electrons. The number of halogens is 1. The fraction of sp³-hybridized carbons (Fsp3) is 0.333. The van der Waals surface area contributed by atoms with Crippen molar-refractivity contribution in [3.8, 4) is 5.75 Å². The zero-order chi connectivity index (χ0) is 10.9. The smallest absolute Gasteiger partial charge is 0.119 e. The lowest BCUT2D eigenvalue weighted by Crippen LogP contribution is -2.06. The van der Waals surface area contributed by atoms with E-state index in [1.807, 2.05) is 43.3 Å². The monoisotopic (exact) mass is 270 g/mol. The Hall–Kier alpha value is -0.800. The van der Waals surface area contributed by atoms with Crippen LogP contribution in [0.1, 0.15) is 6.92 Å². The highest BCUT2D eigenvalue weighted by Crippen LogP contribution is 2.15. The van der Waals surface area contributed by atoms with Crippen molar-refractivity contribution in [3.05, 3.63) is 40.9 Å². The quantitative estimate of drug-likeness (QED) is 0.583. The van der Waals surface area contributed by atoms with Crippen LogP contribution >= 0.6 is 15.9 Å². The van der Waals surface area contributed by atoms with Crippen LogP contribution in [0.4, 0.5) is 0 Å². The molecule has 0 spiro atoms. The van der Waals surface area contributed by atoms with Crippen LogP contribution < -0.4 is 4.74 Å². The van der Waals surface area contributed by atoms with E-state index >= 15 is 0 Å². The SMILES string of the molecule is C/C=C/COCCOc1ccc(Br)cc1. The lowest BCUT2D eigenvalue weighted by Gasteiger charge is -2.05. The molecule has 0 aromatic heterocycles. The molecule has 0 aliphatic heterocycles. The molecule has 1 aromatic rings. The summed E-state index contributed by atoms with van der Waals surface area (Å²) in [6, 6.07) is 7.76. The van der Waals surface area contributed by atoms with Gasteiger partial charge in [0, 0.05) is 4.47 Å². The third kappa shape index (κ3) is 5.60. The summed E-state index contributed by atoms with van der Waals surface area (Å²) in [5.41, 5.74) is 0. The van der Waals surface area contributed by atoms with Crippen LogP contribution in [0.3, 0.4) is 0 Å². The number of benzene rings is 1. The average Bonchev–Trinajstić information content (AvgIpc) is 2.26. The molecule has 0 amide bonds. The van der Waals surface area contributed by atoms with Crippen molar-refractivity contribution in [1.29, 1.82) is 0 Å². The van der Waals surface area contributed by atoms with E-state index in [1.54, 1.807) is 0 Å². The van der Waals surface area contributed by atoms with Gasteiger partial charge in [-0.05, 0) is 31.2 Å². The molecule has 0 bridgehead atoms. The first-order valence-electron chi connectivity index (χ1n) is 4.90. The maximum absolute atomic E-state index is 5.47. The van der Waals surface area contributed by atoms with Crippen LogP contribution in [-0.2, 0) is 4.74 Å². The van der Waals surface area contributed by atoms with Gasteiger partial charge in [0.15, 0.2) is 0 Å². The van der Waals surface area contributed by atoms with Gasteiger partial charge in [0.25, 0.3) is 0 Å². The second-order valence-corrected chi connectivity index (χ2v) is 3.86. The molecule has 0 fully saturated rings. The molecule has 0 saturated heterocycles. The molecule has 0 heterocycles. The number of hydrogen-bond acceptors (Lipinski definition) is 2. The van der Waals surface area contributed by atoms with Gasteiger partial charge in [-0.3, -0.25) is 0 Å². The summed E-state index contributed by atoms with van der Waals surface area (Å²) in [5, 5.41) is 0. The first-order valence-corrected chi connectivity index (χ1v) is 5.69. The van der Waals surface area contributed by atoms with E-state index in [2.05, 4.69) is 15.9 Å². The maximum Gasteiger partial charge on any atom is 0.119 e. The minimum atomic E-state index is 0.583. The fourth-order valence-electron chi connectivity index (χ4n) is 0.997. The largest absolute Gasteiger partial charge is 0.491 e. The van der Waals surface area contributed by atoms with Crippen LogP contribution in [0, 0.1) is 0 Å². The molecule has 0 radical (unpaired) electrons. The highest BCUT2D eigenvalue weighted by atomic mass is 79.9. The van der Waals surface area contributed by atoms with Crippen molar-refractivity contribution in [2.75, 3.05) is 19.8 Å². The van der Waals surface area contributed by atoms with Crippen LogP contribution in [0.15, 0.2) is 40.9 Å². The van der Waals surface area contributed by atoms with Gasteiger partial charge in [-0.15, -0.1) is 0 Å². The standard InChI is InChI=1S/C12H15BrO2/c1-2-3-8-14-9-10-15-12-6-4-11(13)5-7-12/h2-7H,8-10H2,1H3/b3-2+. The van der Waals surface area contributed by atoms with Crippen LogP contribution in [0.5, 0.6) is 5.75 Å². The average molecular weight is 271 g/mol. The second-order valence-electron chi connectivity index (χ2n) is 2.95. The Labute approximate surface area is 99.0 Å². The van der Waals surface area contributed by atoms with Gasteiger partial charge in [-0.25, -0.2) is 0 Å². The van der Waals surface area contributed by atoms with Gasteiger partial charge in [-0.1, -0.05) is 28.1 Å². The molecule has 1 rings (SSSR count). The normalized spacial score (nSPS) is 10.8. The number of hydrogen-bond donors (Lipinski definition) is 0. The van der Waals surface area contributed by atoms with Gasteiger partial charge < -0.3 is 9.47 Å². The predicted molar refractivity (Wildman–Crippen MR) is 65.3 cm³/mol. The third-order valence-corrected chi connectivity index (χ3v) is 2.29. The maximum atomic E-state index is 5.47. The van der Waals surface area contributed by atoms with Crippen molar-refractivity contribution in [3.63, 3.8) is 0 Å². The Balaban J connectivity index is 2.12. The Bertz CT molecular complexity index is 293. The van der Waals surface area contributed by atoms with Gasteiger partial charge in [-0.2, -0.15) is 0 Å². The lowest BCUT2D eigenvalue weighted by molar-refractivity contribution is 0.121. The van der Waals surface area contributed by atoms with E-state index in [4.69, 9.17) is 9.47 Å². The fourth-order valence-corrected chi connectivity index (χ4v) is 1.26. The highest BCUT2D eigenvalue weighted by molar-refractivity contribution is 9.10.